The fourth-order valence-electron chi connectivity index (χ4n) is 2.21. The second-order valence-electron chi connectivity index (χ2n) is 6.46. The Kier molecular flexibility index (Phi) is 5.51. The molecule has 1 aromatic carbocycles. The number of rotatable bonds is 5. The molecule has 1 aromatic heterocycles. The highest BCUT2D eigenvalue weighted by molar-refractivity contribution is 7.78. The van der Waals surface area contributed by atoms with Crippen molar-refractivity contribution in [3.05, 3.63) is 35.0 Å². The van der Waals surface area contributed by atoms with E-state index in [1.54, 1.807) is 12.1 Å². The van der Waals surface area contributed by atoms with Gasteiger partial charge in [-0.25, -0.2) is 0 Å². The van der Waals surface area contributed by atoms with Crippen LogP contribution < -0.4 is 0 Å². The van der Waals surface area contributed by atoms with Gasteiger partial charge in [-0.3, -0.25) is 9.31 Å². The number of H-pyrrole nitrogens is 1. The summed E-state index contributed by atoms with van der Waals surface area (Å²) in [6.07, 6.45) is 0.611. The Bertz CT molecular complexity index is 778. The third-order valence-corrected chi connectivity index (χ3v) is 4.16. The number of nitrogens with one attached hydrogen (secondary N) is 1. The van der Waals surface area contributed by atoms with Crippen molar-refractivity contribution >= 4 is 22.6 Å². The molecule has 0 fully saturated rings. The van der Waals surface area contributed by atoms with Crippen LogP contribution in [0.5, 0.6) is 5.75 Å². The fourth-order valence-corrected chi connectivity index (χ4v) is 2.75. The lowest BCUT2D eigenvalue weighted by atomic mass is 9.87. The maximum atomic E-state index is 11.0. The van der Waals surface area contributed by atoms with Gasteiger partial charge >= 0.3 is 0 Å². The summed E-state index contributed by atoms with van der Waals surface area (Å²) in [7, 11) is 0. The molecule has 1 unspecified atom stereocenters. The van der Waals surface area contributed by atoms with E-state index in [1.807, 2.05) is 13.0 Å². The minimum absolute atomic E-state index is 0.00644. The van der Waals surface area contributed by atoms with Crippen LogP contribution in [0.25, 0.3) is 0 Å². The van der Waals surface area contributed by atoms with E-state index in [0.29, 0.717) is 23.4 Å². The van der Waals surface area contributed by atoms with E-state index in [-0.39, 0.29) is 22.7 Å². The maximum Gasteiger partial charge on any atom is 0.199 e. The minimum Gasteiger partial charge on any atom is -0.772 e. The van der Waals surface area contributed by atoms with Crippen LogP contribution >= 0.6 is 0 Å². The molecule has 0 saturated carbocycles. The summed E-state index contributed by atoms with van der Waals surface area (Å²) >= 11 is -2.25. The number of hydrogen-bond donors (Lipinski definition) is 2. The van der Waals surface area contributed by atoms with E-state index >= 15 is 0 Å². The van der Waals surface area contributed by atoms with Crippen LogP contribution in [0.2, 0.25) is 0 Å². The average Bonchev–Trinajstić information content (AvgIpc) is 2.86. The third-order valence-electron chi connectivity index (χ3n) is 3.64. The number of aromatic nitrogens is 2. The SMILES string of the molecule is CCc1[nH]nc(N=Nc2cc(C(C)(C)C)ccc2O)c1CS(=O)[O-]. The van der Waals surface area contributed by atoms with Crippen molar-refractivity contribution in [1.29, 1.82) is 0 Å². The molecular formula is C16H21N4O3S-. The van der Waals surface area contributed by atoms with Crippen molar-refractivity contribution in [2.75, 3.05) is 0 Å². The van der Waals surface area contributed by atoms with Gasteiger partial charge < -0.3 is 9.66 Å². The molecule has 0 amide bonds. The first-order valence-corrected chi connectivity index (χ1v) is 8.84. The van der Waals surface area contributed by atoms with Crippen molar-refractivity contribution in [3.8, 4) is 5.75 Å². The highest BCUT2D eigenvalue weighted by Crippen LogP contribution is 2.34. The zero-order valence-electron chi connectivity index (χ0n) is 14.2. The lowest BCUT2D eigenvalue weighted by Gasteiger charge is -2.19. The molecule has 130 valence electrons. The molecule has 7 nitrogen and oxygen atoms in total. The van der Waals surface area contributed by atoms with Crippen molar-refractivity contribution in [2.24, 2.45) is 10.2 Å². The molecule has 0 aliphatic rings. The molecule has 0 radical (unpaired) electrons. The van der Waals surface area contributed by atoms with Crippen molar-refractivity contribution < 1.29 is 13.9 Å². The number of aromatic amines is 1. The van der Waals surface area contributed by atoms with E-state index in [0.717, 1.165) is 5.56 Å². The van der Waals surface area contributed by atoms with Gasteiger partial charge in [-0.15, -0.1) is 10.2 Å². The van der Waals surface area contributed by atoms with E-state index in [2.05, 4.69) is 41.2 Å². The second-order valence-corrected chi connectivity index (χ2v) is 7.36. The Morgan fingerprint density at radius 3 is 2.62 bits per heavy atom. The highest BCUT2D eigenvalue weighted by Gasteiger charge is 2.16. The van der Waals surface area contributed by atoms with Gasteiger partial charge in [0.2, 0.25) is 0 Å². The summed E-state index contributed by atoms with van der Waals surface area (Å²) < 4.78 is 22.0. The molecule has 0 bridgehead atoms. The number of phenolic OH excluding ortho intramolecular Hbond substituents is 1. The molecule has 2 N–H and O–H groups in total. The summed E-state index contributed by atoms with van der Waals surface area (Å²) in [5.74, 6) is 0.0470. The number of phenols is 1. The summed E-state index contributed by atoms with van der Waals surface area (Å²) in [5, 5.41) is 24.8. The van der Waals surface area contributed by atoms with Gasteiger partial charge in [0.1, 0.15) is 11.4 Å². The smallest absolute Gasteiger partial charge is 0.199 e. The molecule has 0 aliphatic carbocycles. The molecule has 1 heterocycles. The van der Waals surface area contributed by atoms with E-state index in [4.69, 9.17) is 0 Å². The normalized spacial score (nSPS) is 13.5. The van der Waals surface area contributed by atoms with E-state index in [9.17, 15) is 13.9 Å². The van der Waals surface area contributed by atoms with Gasteiger partial charge in [0.25, 0.3) is 0 Å². The van der Waals surface area contributed by atoms with Crippen LogP contribution in [-0.4, -0.2) is 24.1 Å². The summed E-state index contributed by atoms with van der Waals surface area (Å²) in [6.45, 7) is 8.07. The average molecular weight is 349 g/mol. The molecule has 8 heteroatoms. The summed E-state index contributed by atoms with van der Waals surface area (Å²) in [5.41, 5.74) is 2.44. The zero-order valence-corrected chi connectivity index (χ0v) is 15.0. The maximum absolute atomic E-state index is 11.0. The monoisotopic (exact) mass is 349 g/mol. The van der Waals surface area contributed by atoms with Gasteiger partial charge in [0.05, 0.1) is 0 Å². The topological polar surface area (TPSA) is 114 Å². The second kappa shape index (κ2) is 7.23. The zero-order chi connectivity index (χ0) is 17.9. The summed E-state index contributed by atoms with van der Waals surface area (Å²) in [4.78, 5) is 0. The Morgan fingerprint density at radius 2 is 2.04 bits per heavy atom. The van der Waals surface area contributed by atoms with Crippen LogP contribution in [-0.2, 0) is 28.7 Å². The first-order chi connectivity index (χ1) is 11.2. The molecule has 0 aliphatic heterocycles. The highest BCUT2D eigenvalue weighted by atomic mass is 32.2. The first kappa shape index (κ1) is 18.3. The fraction of sp³-hybridized carbons (Fsp3) is 0.438. The molecule has 0 spiro atoms. The van der Waals surface area contributed by atoms with Gasteiger partial charge in [0.15, 0.2) is 5.82 Å². The quantitative estimate of drug-likeness (QED) is 0.631. The van der Waals surface area contributed by atoms with Crippen LogP contribution in [0, 0.1) is 0 Å². The number of aromatic hydroxyl groups is 1. The number of nitrogens with zero attached hydrogens (tertiary/aromatic N) is 3. The number of azo groups is 1. The number of benzene rings is 1. The largest absolute Gasteiger partial charge is 0.772 e. The van der Waals surface area contributed by atoms with Crippen LogP contribution in [0.15, 0.2) is 28.4 Å². The third kappa shape index (κ3) is 4.27. The first-order valence-electron chi connectivity index (χ1n) is 7.59. The van der Waals surface area contributed by atoms with Crippen molar-refractivity contribution in [3.63, 3.8) is 0 Å². The van der Waals surface area contributed by atoms with Gasteiger partial charge in [0, 0.05) is 17.0 Å². The van der Waals surface area contributed by atoms with Gasteiger partial charge in [-0.2, -0.15) is 5.10 Å². The van der Waals surface area contributed by atoms with Crippen LogP contribution in [0.1, 0.15) is 44.5 Å². The van der Waals surface area contributed by atoms with Gasteiger partial charge in [-0.1, -0.05) is 44.8 Å². The number of hydrogen-bond acceptors (Lipinski definition) is 6. The molecule has 24 heavy (non-hydrogen) atoms. The van der Waals surface area contributed by atoms with E-state index < -0.39 is 11.1 Å². The Hall–Kier alpha value is -2.06. The lowest BCUT2D eigenvalue weighted by Crippen LogP contribution is -2.10. The minimum atomic E-state index is -2.25. The molecular weight excluding hydrogens is 328 g/mol. The Balaban J connectivity index is 2.38. The Labute approximate surface area is 143 Å². The van der Waals surface area contributed by atoms with Crippen molar-refractivity contribution in [1.82, 2.24) is 10.2 Å². The standard InChI is InChI=1S/C16H22N4O3S/c1-5-12-11(9-24(22)23)15(19-17-12)20-18-13-8-10(16(2,3)4)6-7-14(13)21/h6-8,21H,5,9H2,1-4H3,(H,17,19)(H,22,23)/p-1. The molecule has 2 rings (SSSR count). The summed E-state index contributed by atoms with van der Waals surface area (Å²) in [6, 6.07) is 5.17. The number of aryl methyl sites for hydroxylation is 1. The van der Waals surface area contributed by atoms with E-state index in [1.165, 1.54) is 0 Å². The molecule has 0 saturated heterocycles. The van der Waals surface area contributed by atoms with Gasteiger partial charge in [-0.05, 0) is 29.5 Å². The molecule has 2 aromatic rings. The predicted molar refractivity (Wildman–Crippen MR) is 91.6 cm³/mol. The molecule has 1 atom stereocenters. The predicted octanol–water partition coefficient (Wildman–Crippen LogP) is 3.77. The van der Waals surface area contributed by atoms with Crippen LogP contribution in [0.3, 0.4) is 0 Å². The lowest BCUT2D eigenvalue weighted by molar-refractivity contribution is 0.475. The Morgan fingerprint density at radius 1 is 1.33 bits per heavy atom. The van der Waals surface area contributed by atoms with Crippen LogP contribution in [0.4, 0.5) is 11.5 Å². The van der Waals surface area contributed by atoms with Crippen molar-refractivity contribution in [2.45, 2.75) is 45.3 Å².